The second kappa shape index (κ2) is 10.3. The van der Waals surface area contributed by atoms with E-state index in [1.54, 1.807) is 0 Å². The molecular formula is C22H30N8O2. The fraction of sp³-hybridized carbons (Fsp3) is 0.318. The number of nitrogens with one attached hydrogen (secondary N) is 1. The summed E-state index contributed by atoms with van der Waals surface area (Å²) < 4.78 is 6.64. The summed E-state index contributed by atoms with van der Waals surface area (Å²) in [4.78, 5) is 21.1. The smallest absolute Gasteiger partial charge is 0.247 e. The molecule has 0 spiro atoms. The number of hydrogen-bond donors (Lipinski definition) is 2. The highest BCUT2D eigenvalue weighted by molar-refractivity contribution is 6.01. The van der Waals surface area contributed by atoms with Crippen molar-refractivity contribution in [2.45, 2.75) is 19.3 Å². The van der Waals surface area contributed by atoms with Crippen molar-refractivity contribution in [1.29, 1.82) is 5.26 Å². The molecule has 0 radical (unpaired) electrons. The Kier molecular flexibility index (Phi) is 7.23. The number of aromatic nitrogens is 4. The van der Waals surface area contributed by atoms with E-state index in [1.165, 1.54) is 38.6 Å². The first-order valence-electron chi connectivity index (χ1n) is 10.2. The molecule has 1 aromatic carbocycles. The van der Waals surface area contributed by atoms with Crippen LogP contribution >= 0.6 is 0 Å². The Morgan fingerprint density at radius 3 is 2.78 bits per heavy atom. The summed E-state index contributed by atoms with van der Waals surface area (Å²) in [6, 6.07) is 7.77. The number of rotatable bonds is 4. The molecule has 170 valence electrons. The Morgan fingerprint density at radius 1 is 1.38 bits per heavy atom. The topological polar surface area (TPSA) is 135 Å². The number of benzene rings is 1. The van der Waals surface area contributed by atoms with E-state index < -0.39 is 0 Å². The lowest BCUT2D eigenvalue weighted by Gasteiger charge is -2.26. The molecule has 3 heterocycles. The molecule has 0 unspecified atom stereocenters. The van der Waals surface area contributed by atoms with Gasteiger partial charge in [0.1, 0.15) is 11.6 Å². The van der Waals surface area contributed by atoms with Gasteiger partial charge in [0.25, 0.3) is 0 Å². The van der Waals surface area contributed by atoms with Gasteiger partial charge in [0.05, 0.1) is 18.8 Å². The highest BCUT2D eigenvalue weighted by Crippen LogP contribution is 2.29. The predicted molar refractivity (Wildman–Crippen MR) is 128 cm³/mol. The van der Waals surface area contributed by atoms with Crippen molar-refractivity contribution in [3.05, 3.63) is 42.6 Å². The zero-order valence-corrected chi connectivity index (χ0v) is 18.2. The summed E-state index contributed by atoms with van der Waals surface area (Å²) in [5.74, 6) is 1.16. The van der Waals surface area contributed by atoms with Gasteiger partial charge in [-0.2, -0.15) is 15.3 Å². The molecule has 0 saturated carbocycles. The maximum Gasteiger partial charge on any atom is 0.247 e. The van der Waals surface area contributed by atoms with E-state index in [0.29, 0.717) is 0 Å². The fourth-order valence-electron chi connectivity index (χ4n) is 3.46. The average Bonchev–Trinajstić information content (AvgIpc) is 3.15. The molecule has 3 aromatic rings. The Balaban J connectivity index is 0.000000382. The van der Waals surface area contributed by atoms with E-state index in [1.807, 2.05) is 36.0 Å². The first-order chi connectivity index (χ1) is 15.5. The van der Waals surface area contributed by atoms with E-state index in [0.717, 1.165) is 35.5 Å². The number of hydrogen-bond acceptors (Lipinski definition) is 8. The van der Waals surface area contributed by atoms with Crippen LogP contribution in [-0.2, 0) is 11.8 Å². The SMILES string of the molecule is C=CC(=O)Nc1ccc2c(N3CCCCC3)nn(C)c2c1.COc1nc(N)ncc1C#N.[HH].[HH]. The third-order valence-electron chi connectivity index (χ3n) is 5.03. The molecule has 1 aliphatic rings. The van der Waals surface area contributed by atoms with Crippen molar-refractivity contribution < 1.29 is 12.4 Å². The van der Waals surface area contributed by atoms with Gasteiger partial charge in [-0.15, -0.1) is 0 Å². The molecule has 0 bridgehead atoms. The van der Waals surface area contributed by atoms with Crippen LogP contribution in [0.5, 0.6) is 5.88 Å². The van der Waals surface area contributed by atoms with Gasteiger partial charge in [0, 0.05) is 34.1 Å². The second-order valence-corrected chi connectivity index (χ2v) is 7.18. The Bertz CT molecular complexity index is 1170. The standard InChI is InChI=1S/C16H20N4O.C6H6N4O.2H2/c1-3-15(21)17-12-7-8-13-14(11-12)19(2)18-16(13)20-9-5-4-6-10-20;1-11-5-4(2-7)3-9-6(8)10-5;;/h3,7-8,11H,1,4-6,9-10H2,2H3,(H,17,21);3H,1H3,(H2,8,9,10);2*1H. The lowest BCUT2D eigenvalue weighted by Crippen LogP contribution is -2.29. The van der Waals surface area contributed by atoms with E-state index in [2.05, 4.69) is 31.9 Å². The lowest BCUT2D eigenvalue weighted by atomic mass is 10.1. The van der Waals surface area contributed by atoms with Crippen LogP contribution in [0.3, 0.4) is 0 Å². The van der Waals surface area contributed by atoms with Gasteiger partial charge in [0.15, 0.2) is 5.82 Å². The number of nitrogens with two attached hydrogens (primary N) is 1. The van der Waals surface area contributed by atoms with Crippen LogP contribution < -0.4 is 20.7 Å². The number of ether oxygens (including phenoxy) is 1. The molecule has 4 rings (SSSR count). The minimum atomic E-state index is -0.201. The van der Waals surface area contributed by atoms with Crippen molar-refractivity contribution in [3.63, 3.8) is 0 Å². The van der Waals surface area contributed by atoms with Crippen molar-refractivity contribution in [2.24, 2.45) is 7.05 Å². The second-order valence-electron chi connectivity index (χ2n) is 7.18. The number of aryl methyl sites for hydroxylation is 1. The largest absolute Gasteiger partial charge is 0.480 e. The number of carbonyl (C=O) groups excluding carboxylic acids is 1. The molecule has 0 aliphatic carbocycles. The number of fused-ring (bicyclic) bond motifs is 1. The molecule has 10 nitrogen and oxygen atoms in total. The van der Waals surface area contributed by atoms with Crippen LogP contribution in [0.2, 0.25) is 0 Å². The van der Waals surface area contributed by atoms with Crippen LogP contribution in [0.25, 0.3) is 10.9 Å². The zero-order chi connectivity index (χ0) is 23.1. The number of nitrogens with zero attached hydrogens (tertiary/aromatic N) is 6. The molecule has 1 fully saturated rings. The maximum absolute atomic E-state index is 11.4. The number of piperidine rings is 1. The van der Waals surface area contributed by atoms with Gasteiger partial charge in [-0.25, -0.2) is 4.98 Å². The quantitative estimate of drug-likeness (QED) is 0.593. The number of carbonyl (C=O) groups is 1. The van der Waals surface area contributed by atoms with Gasteiger partial charge < -0.3 is 20.7 Å². The molecule has 1 saturated heterocycles. The molecular weight excluding hydrogens is 408 g/mol. The van der Waals surface area contributed by atoms with E-state index >= 15 is 0 Å². The molecule has 1 aliphatic heterocycles. The van der Waals surface area contributed by atoms with Gasteiger partial charge in [-0.05, 0) is 43.5 Å². The van der Waals surface area contributed by atoms with E-state index in [4.69, 9.17) is 15.7 Å². The monoisotopic (exact) mass is 438 g/mol. The number of nitriles is 1. The predicted octanol–water partition coefficient (Wildman–Crippen LogP) is 3.12. The Labute approximate surface area is 189 Å². The number of anilines is 3. The molecule has 1 amide bonds. The number of methoxy groups -OCH3 is 1. The van der Waals surface area contributed by atoms with Crippen LogP contribution in [0.1, 0.15) is 27.7 Å². The summed E-state index contributed by atoms with van der Waals surface area (Å²) in [7, 11) is 3.36. The Morgan fingerprint density at radius 2 is 2.12 bits per heavy atom. The van der Waals surface area contributed by atoms with Crippen molar-refractivity contribution in [1.82, 2.24) is 19.7 Å². The molecule has 2 aromatic heterocycles. The van der Waals surface area contributed by atoms with E-state index in [-0.39, 0.29) is 26.2 Å². The highest BCUT2D eigenvalue weighted by atomic mass is 16.5. The molecule has 10 heteroatoms. The fourth-order valence-corrected chi connectivity index (χ4v) is 3.46. The van der Waals surface area contributed by atoms with Gasteiger partial charge >= 0.3 is 0 Å². The van der Waals surface area contributed by atoms with Gasteiger partial charge in [0.2, 0.25) is 17.7 Å². The molecule has 32 heavy (non-hydrogen) atoms. The van der Waals surface area contributed by atoms with Crippen LogP contribution in [-0.4, -0.2) is 45.9 Å². The van der Waals surface area contributed by atoms with Crippen molar-refractivity contribution in [3.8, 4) is 11.9 Å². The average molecular weight is 439 g/mol. The van der Waals surface area contributed by atoms with E-state index in [9.17, 15) is 4.79 Å². The van der Waals surface area contributed by atoms with Crippen LogP contribution in [0, 0.1) is 11.3 Å². The minimum Gasteiger partial charge on any atom is -0.480 e. The van der Waals surface area contributed by atoms with Crippen molar-refractivity contribution in [2.75, 3.05) is 36.1 Å². The summed E-state index contributed by atoms with van der Waals surface area (Å²) in [5.41, 5.74) is 7.32. The number of amides is 1. The minimum absolute atomic E-state index is 0. The molecule has 0 atom stereocenters. The molecule has 3 N–H and O–H groups in total. The van der Waals surface area contributed by atoms with Gasteiger partial charge in [-0.1, -0.05) is 6.58 Å². The summed E-state index contributed by atoms with van der Waals surface area (Å²) in [5, 5.41) is 17.1. The normalized spacial score (nSPS) is 13.0. The maximum atomic E-state index is 11.4. The summed E-state index contributed by atoms with van der Waals surface area (Å²) in [6.07, 6.45) is 6.35. The van der Waals surface area contributed by atoms with Gasteiger partial charge in [-0.3, -0.25) is 9.48 Å². The van der Waals surface area contributed by atoms with Crippen molar-refractivity contribution >= 4 is 34.3 Å². The third-order valence-corrected chi connectivity index (χ3v) is 5.03. The summed E-state index contributed by atoms with van der Waals surface area (Å²) in [6.45, 7) is 5.61. The highest BCUT2D eigenvalue weighted by Gasteiger charge is 2.18. The first-order valence-corrected chi connectivity index (χ1v) is 10.2. The summed E-state index contributed by atoms with van der Waals surface area (Å²) >= 11 is 0. The van der Waals surface area contributed by atoms with Crippen LogP contribution in [0.15, 0.2) is 37.1 Å². The first kappa shape index (κ1) is 22.6. The number of nitrogen functional groups attached to an aromatic ring is 1. The Hall–Kier alpha value is -4.13. The third kappa shape index (κ3) is 5.13. The van der Waals surface area contributed by atoms with Crippen LogP contribution in [0.4, 0.5) is 17.5 Å². The zero-order valence-electron chi connectivity index (χ0n) is 18.2. The lowest BCUT2D eigenvalue weighted by molar-refractivity contribution is -0.111.